The Morgan fingerprint density at radius 3 is 2.12 bits per heavy atom. The van der Waals surface area contributed by atoms with Crippen molar-refractivity contribution in [2.75, 3.05) is 0 Å². The van der Waals surface area contributed by atoms with Crippen LogP contribution in [-0.4, -0.2) is 6.29 Å². The van der Waals surface area contributed by atoms with Gasteiger partial charge < -0.3 is 0 Å². The summed E-state index contributed by atoms with van der Waals surface area (Å²) >= 11 is 0. The fourth-order valence-electron chi connectivity index (χ4n) is 0.352. The van der Waals surface area contributed by atoms with Crippen LogP contribution >= 0.6 is 0 Å². The summed E-state index contributed by atoms with van der Waals surface area (Å²) in [5.41, 5.74) is 1.87. The summed E-state index contributed by atoms with van der Waals surface area (Å²) in [7, 11) is 0. The second-order valence-corrected chi connectivity index (χ2v) is 1.86. The van der Waals surface area contributed by atoms with Crippen LogP contribution < -0.4 is 0 Å². The average Bonchev–Trinajstić information content (AvgIpc) is 1.84. The highest BCUT2D eigenvalue weighted by atomic mass is 16.1. The van der Waals surface area contributed by atoms with Crippen LogP contribution in [0.3, 0.4) is 0 Å². The van der Waals surface area contributed by atoms with Crippen molar-refractivity contribution in [1.29, 1.82) is 0 Å². The van der Waals surface area contributed by atoms with Gasteiger partial charge in [-0.05, 0) is 25.8 Å². The maximum absolute atomic E-state index is 9.92. The van der Waals surface area contributed by atoms with Crippen LogP contribution in [0.25, 0.3) is 0 Å². The number of rotatable bonds is 2. The maximum Gasteiger partial charge on any atom is 0.228 e. The van der Waals surface area contributed by atoms with Gasteiger partial charge in [0.1, 0.15) is 0 Å². The van der Waals surface area contributed by atoms with E-state index < -0.39 is 0 Å². The number of hydrogen-bond donors (Lipinski definition) is 0. The molecule has 0 fully saturated rings. The second kappa shape index (κ2) is 3.42. The smallest absolute Gasteiger partial charge is 0.228 e. The van der Waals surface area contributed by atoms with Gasteiger partial charge in [0.25, 0.3) is 0 Å². The number of allylic oxidation sites excluding steroid dienone is 2. The molecule has 0 atom stereocenters. The van der Waals surface area contributed by atoms with Gasteiger partial charge in [0.15, 0.2) is 0 Å². The van der Waals surface area contributed by atoms with Gasteiger partial charge in [-0.3, -0.25) is 4.79 Å². The lowest BCUT2D eigenvalue weighted by Crippen LogP contribution is -1.81. The second-order valence-electron chi connectivity index (χ2n) is 1.86. The van der Waals surface area contributed by atoms with Crippen LogP contribution in [0.2, 0.25) is 0 Å². The fourth-order valence-corrected chi connectivity index (χ4v) is 0.352. The van der Waals surface area contributed by atoms with Gasteiger partial charge in [-0.1, -0.05) is 12.5 Å². The van der Waals surface area contributed by atoms with Crippen LogP contribution in [-0.2, 0) is 4.79 Å². The van der Waals surface area contributed by atoms with Gasteiger partial charge >= 0.3 is 0 Å². The summed E-state index contributed by atoms with van der Waals surface area (Å²) in [6.45, 7) is 5.75. The molecule has 0 aliphatic rings. The highest BCUT2D eigenvalue weighted by molar-refractivity contribution is 5.74. The molecule has 0 aromatic carbocycles. The first-order valence-corrected chi connectivity index (χ1v) is 2.76. The van der Waals surface area contributed by atoms with Crippen molar-refractivity contribution in [1.82, 2.24) is 0 Å². The monoisotopic (exact) mass is 111 g/mol. The van der Waals surface area contributed by atoms with Gasteiger partial charge in [0.2, 0.25) is 6.29 Å². The van der Waals surface area contributed by atoms with Gasteiger partial charge in [0.05, 0.1) is 0 Å². The summed E-state index contributed by atoms with van der Waals surface area (Å²) in [6, 6.07) is 0. The maximum atomic E-state index is 9.92. The Morgan fingerprint density at radius 2 is 2.00 bits per heavy atom. The molecule has 0 rings (SSSR count). The molecule has 8 heavy (non-hydrogen) atoms. The first-order valence-electron chi connectivity index (χ1n) is 2.76. The van der Waals surface area contributed by atoms with Crippen molar-refractivity contribution in [2.45, 2.75) is 27.2 Å². The topological polar surface area (TPSA) is 17.1 Å². The average molecular weight is 111 g/mol. The molecule has 0 aliphatic heterocycles. The minimum Gasteiger partial charge on any atom is -0.285 e. The Hall–Kier alpha value is -0.590. The molecule has 1 nitrogen and oxygen atoms in total. The van der Waals surface area contributed by atoms with Gasteiger partial charge in [0, 0.05) is 0 Å². The summed E-state index contributed by atoms with van der Waals surface area (Å²) in [5.74, 6) is 0. The van der Waals surface area contributed by atoms with Gasteiger partial charge in [-0.2, -0.15) is 0 Å². The zero-order chi connectivity index (χ0) is 6.57. The standard InChI is InChI=1S/C7H11O/c1-4-6(2)7(3)5-8/h4H2,1-3H3. The van der Waals surface area contributed by atoms with Crippen molar-refractivity contribution in [3.63, 3.8) is 0 Å². The molecule has 0 aliphatic carbocycles. The molecule has 0 unspecified atom stereocenters. The first kappa shape index (κ1) is 7.41. The summed E-state index contributed by atoms with van der Waals surface area (Å²) < 4.78 is 0. The van der Waals surface area contributed by atoms with Crippen LogP contribution in [0.5, 0.6) is 0 Å². The molecular formula is C7H11O. The van der Waals surface area contributed by atoms with E-state index in [1.54, 1.807) is 6.92 Å². The van der Waals surface area contributed by atoms with E-state index in [9.17, 15) is 4.79 Å². The minimum atomic E-state index is 0.743. The van der Waals surface area contributed by atoms with Gasteiger partial charge in [-0.15, -0.1) is 0 Å². The predicted molar refractivity (Wildman–Crippen MR) is 34.4 cm³/mol. The Bertz CT molecular complexity index is 112. The molecule has 1 heteroatoms. The third-order valence-corrected chi connectivity index (χ3v) is 1.32. The molecule has 0 aromatic heterocycles. The van der Waals surface area contributed by atoms with Crippen molar-refractivity contribution >= 4 is 6.29 Å². The van der Waals surface area contributed by atoms with Gasteiger partial charge in [-0.25, -0.2) is 0 Å². The number of carbonyl (C=O) groups excluding carboxylic acids is 1. The summed E-state index contributed by atoms with van der Waals surface area (Å²) in [4.78, 5) is 9.92. The molecule has 0 amide bonds. The lowest BCUT2D eigenvalue weighted by molar-refractivity contribution is 0.561. The van der Waals surface area contributed by atoms with E-state index in [2.05, 4.69) is 0 Å². The zero-order valence-corrected chi connectivity index (χ0v) is 5.62. The van der Waals surface area contributed by atoms with Crippen molar-refractivity contribution in [2.24, 2.45) is 0 Å². The van der Waals surface area contributed by atoms with Crippen molar-refractivity contribution in [3.05, 3.63) is 11.1 Å². The van der Waals surface area contributed by atoms with Crippen LogP contribution in [0, 0.1) is 0 Å². The van der Waals surface area contributed by atoms with E-state index in [0.29, 0.717) is 0 Å². The zero-order valence-electron chi connectivity index (χ0n) is 5.62. The quantitative estimate of drug-likeness (QED) is 0.497. The normalized spacial score (nSPS) is 12.9. The first-order chi connectivity index (χ1) is 3.72. The molecule has 0 spiro atoms. The molecule has 0 saturated carbocycles. The highest BCUT2D eigenvalue weighted by Gasteiger charge is 1.90. The van der Waals surface area contributed by atoms with Crippen LogP contribution in [0.15, 0.2) is 11.1 Å². The molecule has 0 saturated heterocycles. The molecule has 45 valence electrons. The Morgan fingerprint density at radius 1 is 1.50 bits per heavy atom. The highest BCUT2D eigenvalue weighted by Crippen LogP contribution is 2.02. The summed E-state index contributed by atoms with van der Waals surface area (Å²) in [5, 5.41) is 0. The minimum absolute atomic E-state index is 0.743. The van der Waals surface area contributed by atoms with E-state index in [4.69, 9.17) is 0 Å². The van der Waals surface area contributed by atoms with Crippen LogP contribution in [0.4, 0.5) is 0 Å². The van der Waals surface area contributed by atoms with Crippen LogP contribution in [0.1, 0.15) is 27.2 Å². The predicted octanol–water partition coefficient (Wildman–Crippen LogP) is 1.84. The third kappa shape index (κ3) is 1.92. The summed E-state index contributed by atoms with van der Waals surface area (Å²) in [6.07, 6.45) is 2.79. The van der Waals surface area contributed by atoms with Crippen molar-refractivity contribution in [3.8, 4) is 0 Å². The largest absolute Gasteiger partial charge is 0.285 e. The molecule has 0 bridgehead atoms. The fraction of sp³-hybridized carbons (Fsp3) is 0.571. The Kier molecular flexibility index (Phi) is 3.16. The molecule has 1 radical (unpaired) electrons. The van der Waals surface area contributed by atoms with E-state index in [-0.39, 0.29) is 0 Å². The Balaban J connectivity index is 4.03. The lowest BCUT2D eigenvalue weighted by Gasteiger charge is -1.92. The molecule has 0 heterocycles. The molecular weight excluding hydrogens is 100 g/mol. The van der Waals surface area contributed by atoms with E-state index >= 15 is 0 Å². The SMILES string of the molecule is CCC(C)=C(C)[C]=O. The molecule has 0 aromatic rings. The number of hydrogen-bond acceptors (Lipinski definition) is 1. The van der Waals surface area contributed by atoms with E-state index in [1.165, 1.54) is 0 Å². The van der Waals surface area contributed by atoms with E-state index in [1.807, 2.05) is 20.1 Å². The lowest BCUT2D eigenvalue weighted by atomic mass is 10.1. The van der Waals surface area contributed by atoms with Crippen molar-refractivity contribution < 1.29 is 4.79 Å². The Labute approximate surface area is 50.4 Å². The third-order valence-electron chi connectivity index (χ3n) is 1.32. The van der Waals surface area contributed by atoms with E-state index in [0.717, 1.165) is 17.6 Å². The molecule has 0 N–H and O–H groups in total.